The summed E-state index contributed by atoms with van der Waals surface area (Å²) < 4.78 is 25.2. The summed E-state index contributed by atoms with van der Waals surface area (Å²) in [4.78, 5) is 0. The average molecular weight is 237 g/mol. The van der Waals surface area contributed by atoms with Gasteiger partial charge in [-0.05, 0) is 12.3 Å². The summed E-state index contributed by atoms with van der Waals surface area (Å²) in [5.74, 6) is 0.273. The summed E-state index contributed by atoms with van der Waals surface area (Å²) in [7, 11) is -3.19. The lowest BCUT2D eigenvalue weighted by atomic mass is 10.0. The van der Waals surface area contributed by atoms with Crippen molar-refractivity contribution in [3.05, 3.63) is 0 Å². The maximum atomic E-state index is 11.4. The van der Waals surface area contributed by atoms with Gasteiger partial charge in [-0.25, -0.2) is 13.1 Å². The van der Waals surface area contributed by atoms with E-state index in [1.165, 1.54) is 0 Å². The summed E-state index contributed by atoms with van der Waals surface area (Å²) in [6.07, 6.45) is 1.77. The summed E-state index contributed by atoms with van der Waals surface area (Å²) in [5, 5.41) is 9.58. The standard InChI is InChI=1S/C10H23NO3S/c1-4-6-7-15(13,14)11-8-10(12)9(3)5-2/h9-12H,4-8H2,1-3H3/t9-,10-/m0/s1. The number of rotatable bonds is 8. The van der Waals surface area contributed by atoms with Gasteiger partial charge in [-0.3, -0.25) is 0 Å². The van der Waals surface area contributed by atoms with Gasteiger partial charge in [0.25, 0.3) is 0 Å². The molecule has 0 aromatic rings. The first-order valence-corrected chi connectivity index (χ1v) is 7.23. The van der Waals surface area contributed by atoms with Crippen LogP contribution in [0.5, 0.6) is 0 Å². The fraction of sp³-hybridized carbons (Fsp3) is 1.00. The highest BCUT2D eigenvalue weighted by Crippen LogP contribution is 2.06. The van der Waals surface area contributed by atoms with Crippen LogP contribution in [0.4, 0.5) is 0 Å². The normalized spacial score (nSPS) is 16.3. The van der Waals surface area contributed by atoms with Crippen molar-refractivity contribution in [1.29, 1.82) is 0 Å². The van der Waals surface area contributed by atoms with E-state index in [2.05, 4.69) is 4.72 Å². The quantitative estimate of drug-likeness (QED) is 0.664. The van der Waals surface area contributed by atoms with E-state index in [4.69, 9.17) is 0 Å². The van der Waals surface area contributed by atoms with E-state index >= 15 is 0 Å². The van der Waals surface area contributed by atoms with Crippen LogP contribution in [-0.2, 0) is 10.0 Å². The second-order valence-electron chi connectivity index (χ2n) is 3.97. The van der Waals surface area contributed by atoms with Crippen LogP contribution in [0.1, 0.15) is 40.0 Å². The molecular formula is C10H23NO3S. The van der Waals surface area contributed by atoms with Crippen LogP contribution in [0, 0.1) is 5.92 Å². The monoisotopic (exact) mass is 237 g/mol. The molecule has 0 unspecified atom stereocenters. The second-order valence-corrected chi connectivity index (χ2v) is 5.90. The van der Waals surface area contributed by atoms with Crippen molar-refractivity contribution in [3.8, 4) is 0 Å². The van der Waals surface area contributed by atoms with Gasteiger partial charge in [-0.15, -0.1) is 0 Å². The SMILES string of the molecule is CCCCS(=O)(=O)NC[C@H](O)[C@@H](C)CC. The zero-order valence-electron chi connectivity index (χ0n) is 9.86. The largest absolute Gasteiger partial charge is 0.391 e. The minimum absolute atomic E-state index is 0.124. The first kappa shape index (κ1) is 14.9. The van der Waals surface area contributed by atoms with E-state index in [-0.39, 0.29) is 18.2 Å². The minimum atomic E-state index is -3.19. The highest BCUT2D eigenvalue weighted by atomic mass is 32.2. The van der Waals surface area contributed by atoms with Gasteiger partial charge >= 0.3 is 0 Å². The van der Waals surface area contributed by atoms with E-state index in [1.54, 1.807) is 0 Å². The van der Waals surface area contributed by atoms with Crippen molar-refractivity contribution in [2.24, 2.45) is 5.92 Å². The van der Waals surface area contributed by atoms with Gasteiger partial charge < -0.3 is 5.11 Å². The molecule has 2 atom stereocenters. The van der Waals surface area contributed by atoms with Gasteiger partial charge in [-0.1, -0.05) is 33.6 Å². The Labute approximate surface area is 93.1 Å². The van der Waals surface area contributed by atoms with Crippen molar-refractivity contribution in [2.45, 2.75) is 46.1 Å². The van der Waals surface area contributed by atoms with Crippen molar-refractivity contribution in [1.82, 2.24) is 4.72 Å². The topological polar surface area (TPSA) is 66.4 Å². The van der Waals surface area contributed by atoms with Gasteiger partial charge in [0.15, 0.2) is 0 Å². The summed E-state index contributed by atoms with van der Waals surface area (Å²) in [6.45, 7) is 5.95. The van der Waals surface area contributed by atoms with E-state index in [9.17, 15) is 13.5 Å². The molecule has 0 aliphatic carbocycles. The molecule has 0 rings (SSSR count). The van der Waals surface area contributed by atoms with Crippen LogP contribution < -0.4 is 4.72 Å². The second kappa shape index (κ2) is 7.19. The van der Waals surface area contributed by atoms with Crippen LogP contribution in [0.15, 0.2) is 0 Å². The molecule has 0 bridgehead atoms. The van der Waals surface area contributed by atoms with Gasteiger partial charge in [-0.2, -0.15) is 0 Å². The molecule has 0 saturated carbocycles. The zero-order chi connectivity index (χ0) is 11.9. The molecule has 0 radical (unpaired) electrons. The summed E-state index contributed by atoms with van der Waals surface area (Å²) in [5.41, 5.74) is 0. The van der Waals surface area contributed by atoms with Crippen LogP contribution in [0.3, 0.4) is 0 Å². The first-order valence-electron chi connectivity index (χ1n) is 5.58. The highest BCUT2D eigenvalue weighted by Gasteiger charge is 2.16. The fourth-order valence-electron chi connectivity index (χ4n) is 1.09. The maximum absolute atomic E-state index is 11.4. The molecule has 15 heavy (non-hydrogen) atoms. The fourth-order valence-corrected chi connectivity index (χ4v) is 2.33. The predicted octanol–water partition coefficient (Wildman–Crippen LogP) is 1.11. The van der Waals surface area contributed by atoms with Crippen LogP contribution >= 0.6 is 0 Å². The molecule has 0 aliphatic heterocycles. The lowest BCUT2D eigenvalue weighted by Gasteiger charge is -2.17. The summed E-state index contributed by atoms with van der Waals surface area (Å²) >= 11 is 0. The number of hydrogen-bond acceptors (Lipinski definition) is 3. The molecule has 0 aromatic carbocycles. The molecule has 0 fully saturated rings. The van der Waals surface area contributed by atoms with Crippen LogP contribution in [-0.4, -0.2) is 31.9 Å². The van der Waals surface area contributed by atoms with E-state index in [0.29, 0.717) is 6.42 Å². The Morgan fingerprint density at radius 3 is 2.40 bits per heavy atom. The van der Waals surface area contributed by atoms with Gasteiger partial charge in [0.1, 0.15) is 0 Å². The predicted molar refractivity (Wildman–Crippen MR) is 62.2 cm³/mol. The molecule has 4 nitrogen and oxygen atoms in total. The number of nitrogens with one attached hydrogen (secondary N) is 1. The van der Waals surface area contributed by atoms with Crippen molar-refractivity contribution in [2.75, 3.05) is 12.3 Å². The molecule has 0 aliphatic rings. The Bertz CT molecular complexity index is 251. The molecule has 0 aromatic heterocycles. The Balaban J connectivity index is 3.93. The Hall–Kier alpha value is -0.130. The maximum Gasteiger partial charge on any atom is 0.211 e. The molecule has 5 heteroatoms. The lowest BCUT2D eigenvalue weighted by Crippen LogP contribution is -2.36. The van der Waals surface area contributed by atoms with E-state index in [0.717, 1.165) is 12.8 Å². The zero-order valence-corrected chi connectivity index (χ0v) is 10.7. The van der Waals surface area contributed by atoms with Crippen LogP contribution in [0.25, 0.3) is 0 Å². The molecule has 0 spiro atoms. The average Bonchev–Trinajstić information content (AvgIpc) is 2.22. The molecule has 0 amide bonds. The first-order chi connectivity index (χ1) is 6.93. The third-order valence-electron chi connectivity index (χ3n) is 2.58. The van der Waals surface area contributed by atoms with Crippen molar-refractivity contribution < 1.29 is 13.5 Å². The Morgan fingerprint density at radius 2 is 1.93 bits per heavy atom. The van der Waals surface area contributed by atoms with Crippen LogP contribution in [0.2, 0.25) is 0 Å². The Kier molecular flexibility index (Phi) is 7.13. The molecule has 0 heterocycles. The number of hydrogen-bond donors (Lipinski definition) is 2. The molecular weight excluding hydrogens is 214 g/mol. The smallest absolute Gasteiger partial charge is 0.211 e. The number of aliphatic hydroxyl groups is 1. The third kappa shape index (κ3) is 6.87. The highest BCUT2D eigenvalue weighted by molar-refractivity contribution is 7.89. The van der Waals surface area contributed by atoms with E-state index < -0.39 is 16.1 Å². The lowest BCUT2D eigenvalue weighted by molar-refractivity contribution is 0.118. The third-order valence-corrected chi connectivity index (χ3v) is 4.01. The van der Waals surface area contributed by atoms with E-state index in [1.807, 2.05) is 20.8 Å². The van der Waals surface area contributed by atoms with Crippen molar-refractivity contribution in [3.63, 3.8) is 0 Å². The van der Waals surface area contributed by atoms with Gasteiger partial charge in [0.05, 0.1) is 11.9 Å². The molecule has 0 saturated heterocycles. The molecule has 2 N–H and O–H groups in total. The van der Waals surface area contributed by atoms with Gasteiger partial charge in [0.2, 0.25) is 10.0 Å². The molecule has 92 valence electrons. The van der Waals surface area contributed by atoms with Crippen molar-refractivity contribution >= 4 is 10.0 Å². The number of sulfonamides is 1. The Morgan fingerprint density at radius 1 is 1.33 bits per heavy atom. The summed E-state index contributed by atoms with van der Waals surface area (Å²) in [6, 6.07) is 0. The minimum Gasteiger partial charge on any atom is -0.391 e. The van der Waals surface area contributed by atoms with Gasteiger partial charge in [0, 0.05) is 6.54 Å². The number of aliphatic hydroxyl groups excluding tert-OH is 1. The number of unbranched alkanes of at least 4 members (excludes halogenated alkanes) is 1.